The average Bonchev–Trinajstić information content (AvgIpc) is 2.86. The van der Waals surface area contributed by atoms with Crippen molar-refractivity contribution in [3.63, 3.8) is 0 Å². The Labute approximate surface area is 85.2 Å². The van der Waals surface area contributed by atoms with Crippen LogP contribution < -0.4 is 0 Å². The van der Waals surface area contributed by atoms with Crippen LogP contribution in [0.5, 0.6) is 0 Å². The Bertz CT molecular complexity index is 447. The fourth-order valence-electron chi connectivity index (χ4n) is 1.18. The maximum absolute atomic E-state index is 10.5. The molecule has 2 heterocycles. The Kier molecular flexibility index (Phi) is 2.49. The molecule has 15 heavy (non-hydrogen) atoms. The summed E-state index contributed by atoms with van der Waals surface area (Å²) in [4.78, 5) is 14.3. The highest BCUT2D eigenvalue weighted by molar-refractivity contribution is 5.82. The summed E-state index contributed by atoms with van der Waals surface area (Å²) >= 11 is 0. The Morgan fingerprint density at radius 3 is 3.07 bits per heavy atom. The molecule has 2 rings (SSSR count). The second-order valence-electron chi connectivity index (χ2n) is 2.97. The van der Waals surface area contributed by atoms with E-state index >= 15 is 0 Å². The molecule has 0 saturated carbocycles. The molecule has 0 unspecified atom stereocenters. The van der Waals surface area contributed by atoms with Crippen molar-refractivity contribution in [2.75, 3.05) is 0 Å². The highest BCUT2D eigenvalue weighted by Gasteiger charge is 2.10. The topological polar surface area (TPSA) is 81.1 Å². The molecule has 0 aliphatic rings. The molecular weight excluding hydrogens is 198 g/mol. The van der Waals surface area contributed by atoms with E-state index in [9.17, 15) is 4.79 Å². The summed E-state index contributed by atoms with van der Waals surface area (Å²) in [6, 6.07) is 1.82. The third kappa shape index (κ3) is 2.22. The third-order valence-electron chi connectivity index (χ3n) is 1.89. The molecule has 6 nitrogen and oxygen atoms in total. The van der Waals surface area contributed by atoms with Gasteiger partial charge in [0.25, 0.3) is 0 Å². The molecular formula is C9H9N3O3. The Morgan fingerprint density at radius 2 is 2.47 bits per heavy atom. The zero-order valence-electron chi connectivity index (χ0n) is 7.83. The summed E-state index contributed by atoms with van der Waals surface area (Å²) in [7, 11) is 0. The number of rotatable bonds is 4. The van der Waals surface area contributed by atoms with Gasteiger partial charge in [0, 0.05) is 25.4 Å². The molecule has 0 aliphatic heterocycles. The molecule has 0 bridgehead atoms. The average molecular weight is 207 g/mol. The summed E-state index contributed by atoms with van der Waals surface area (Å²) in [5.74, 6) is -1.43. The first-order valence-corrected chi connectivity index (χ1v) is 4.41. The van der Waals surface area contributed by atoms with E-state index in [0.29, 0.717) is 18.7 Å². The van der Waals surface area contributed by atoms with E-state index < -0.39 is 5.97 Å². The SMILES string of the molecule is O=C(O)c1nc(CCn2cccn2)co1. The van der Waals surface area contributed by atoms with Crippen LogP contribution in [-0.4, -0.2) is 25.8 Å². The van der Waals surface area contributed by atoms with Crippen molar-refractivity contribution in [3.8, 4) is 0 Å². The normalized spacial score (nSPS) is 10.4. The number of aromatic nitrogens is 3. The van der Waals surface area contributed by atoms with Gasteiger partial charge in [-0.3, -0.25) is 4.68 Å². The first-order valence-electron chi connectivity index (χ1n) is 4.41. The van der Waals surface area contributed by atoms with E-state index in [0.717, 1.165) is 0 Å². The van der Waals surface area contributed by atoms with E-state index in [1.54, 1.807) is 10.9 Å². The molecule has 78 valence electrons. The smallest absolute Gasteiger partial charge is 0.392 e. The minimum atomic E-state index is -1.15. The molecule has 0 radical (unpaired) electrons. The van der Waals surface area contributed by atoms with Gasteiger partial charge in [-0.25, -0.2) is 9.78 Å². The maximum Gasteiger partial charge on any atom is 0.392 e. The Morgan fingerprint density at radius 1 is 1.60 bits per heavy atom. The van der Waals surface area contributed by atoms with Crippen molar-refractivity contribution in [1.29, 1.82) is 0 Å². The van der Waals surface area contributed by atoms with Crippen molar-refractivity contribution in [1.82, 2.24) is 14.8 Å². The molecule has 0 amide bonds. The zero-order valence-corrected chi connectivity index (χ0v) is 7.83. The fourth-order valence-corrected chi connectivity index (χ4v) is 1.18. The van der Waals surface area contributed by atoms with E-state index in [4.69, 9.17) is 9.52 Å². The predicted octanol–water partition coefficient (Wildman–Crippen LogP) is 0.812. The predicted molar refractivity (Wildman–Crippen MR) is 49.4 cm³/mol. The monoisotopic (exact) mass is 207 g/mol. The third-order valence-corrected chi connectivity index (χ3v) is 1.89. The molecule has 1 N–H and O–H groups in total. The minimum absolute atomic E-state index is 0.273. The first kappa shape index (κ1) is 9.45. The minimum Gasteiger partial charge on any atom is -0.474 e. The maximum atomic E-state index is 10.5. The molecule has 0 saturated heterocycles. The van der Waals surface area contributed by atoms with Gasteiger partial charge < -0.3 is 9.52 Å². The first-order chi connectivity index (χ1) is 7.25. The second kappa shape index (κ2) is 3.95. The van der Waals surface area contributed by atoms with Crippen LogP contribution in [0.15, 0.2) is 29.1 Å². The highest BCUT2D eigenvalue weighted by atomic mass is 16.4. The number of carboxylic acid groups (broad SMARTS) is 1. The Balaban J connectivity index is 1.96. The van der Waals surface area contributed by atoms with Crippen LogP contribution in [0.2, 0.25) is 0 Å². The van der Waals surface area contributed by atoms with Crippen LogP contribution >= 0.6 is 0 Å². The standard InChI is InChI=1S/C9H9N3O3/c13-9(14)8-11-7(6-15-8)2-5-12-4-1-3-10-12/h1,3-4,6H,2,5H2,(H,13,14). The van der Waals surface area contributed by atoms with Crippen molar-refractivity contribution in [2.24, 2.45) is 0 Å². The van der Waals surface area contributed by atoms with Crippen LogP contribution in [0, 0.1) is 0 Å². The van der Waals surface area contributed by atoms with E-state index in [1.807, 2.05) is 12.3 Å². The number of carboxylic acids is 1. The number of carbonyl (C=O) groups is 1. The van der Waals surface area contributed by atoms with Crippen LogP contribution in [0.25, 0.3) is 0 Å². The van der Waals surface area contributed by atoms with Gasteiger partial charge in [-0.15, -0.1) is 0 Å². The summed E-state index contributed by atoms with van der Waals surface area (Å²) < 4.78 is 6.50. The molecule has 2 aromatic heterocycles. The van der Waals surface area contributed by atoms with Crippen molar-refractivity contribution < 1.29 is 14.3 Å². The quantitative estimate of drug-likeness (QED) is 0.802. The lowest BCUT2D eigenvalue weighted by Crippen LogP contribution is -2.02. The number of oxazole rings is 1. The molecule has 2 aromatic rings. The van der Waals surface area contributed by atoms with E-state index in [-0.39, 0.29) is 5.89 Å². The molecule has 0 aliphatic carbocycles. The van der Waals surface area contributed by atoms with Crippen LogP contribution in [-0.2, 0) is 13.0 Å². The van der Waals surface area contributed by atoms with E-state index in [1.165, 1.54) is 6.26 Å². The molecule has 0 fully saturated rings. The summed E-state index contributed by atoms with van der Waals surface area (Å²) in [6.07, 6.45) is 5.47. The van der Waals surface area contributed by atoms with Gasteiger partial charge in [0.2, 0.25) is 0 Å². The van der Waals surface area contributed by atoms with Crippen molar-refractivity contribution >= 4 is 5.97 Å². The van der Waals surface area contributed by atoms with Crippen LogP contribution in [0.1, 0.15) is 16.4 Å². The summed E-state index contributed by atoms with van der Waals surface area (Å²) in [6.45, 7) is 0.651. The van der Waals surface area contributed by atoms with Crippen molar-refractivity contribution in [3.05, 3.63) is 36.3 Å². The number of aryl methyl sites for hydroxylation is 2. The number of hydrogen-bond donors (Lipinski definition) is 1. The molecule has 0 atom stereocenters. The lowest BCUT2D eigenvalue weighted by atomic mass is 10.3. The van der Waals surface area contributed by atoms with E-state index in [2.05, 4.69) is 10.1 Å². The zero-order chi connectivity index (χ0) is 10.7. The summed E-state index contributed by atoms with van der Waals surface area (Å²) in [5.41, 5.74) is 0.614. The number of aromatic carboxylic acids is 1. The van der Waals surface area contributed by atoms with Gasteiger partial charge in [-0.05, 0) is 6.07 Å². The number of hydrogen-bond acceptors (Lipinski definition) is 4. The van der Waals surface area contributed by atoms with Crippen molar-refractivity contribution in [2.45, 2.75) is 13.0 Å². The van der Waals surface area contributed by atoms with Gasteiger partial charge in [-0.2, -0.15) is 5.10 Å². The van der Waals surface area contributed by atoms with Crippen LogP contribution in [0.3, 0.4) is 0 Å². The van der Waals surface area contributed by atoms with Gasteiger partial charge in [0.15, 0.2) is 0 Å². The van der Waals surface area contributed by atoms with Gasteiger partial charge in [-0.1, -0.05) is 0 Å². The second-order valence-corrected chi connectivity index (χ2v) is 2.97. The lowest BCUT2D eigenvalue weighted by molar-refractivity contribution is 0.0653. The molecule has 0 aromatic carbocycles. The summed E-state index contributed by atoms with van der Waals surface area (Å²) in [5, 5.41) is 12.6. The van der Waals surface area contributed by atoms with Gasteiger partial charge in [0.1, 0.15) is 6.26 Å². The fraction of sp³-hybridized carbons (Fsp3) is 0.222. The molecule has 0 spiro atoms. The highest BCUT2D eigenvalue weighted by Crippen LogP contribution is 2.03. The van der Waals surface area contributed by atoms with Gasteiger partial charge in [0.05, 0.1) is 5.69 Å². The van der Waals surface area contributed by atoms with Crippen LogP contribution in [0.4, 0.5) is 0 Å². The largest absolute Gasteiger partial charge is 0.474 e. The molecule has 6 heteroatoms. The number of nitrogens with zero attached hydrogens (tertiary/aromatic N) is 3. The van der Waals surface area contributed by atoms with Gasteiger partial charge >= 0.3 is 11.9 Å². The Hall–Kier alpha value is -2.11. The lowest BCUT2D eigenvalue weighted by Gasteiger charge is -1.96.